The minimum atomic E-state index is -4.43. The summed E-state index contributed by atoms with van der Waals surface area (Å²) in [6.45, 7) is 7.11. The van der Waals surface area contributed by atoms with E-state index in [1.807, 2.05) is 12.1 Å². The van der Waals surface area contributed by atoms with Crippen LogP contribution in [0.25, 0.3) is 0 Å². The Bertz CT molecular complexity index is 1500. The molecule has 1 atom stereocenters. The molecule has 0 amide bonds. The number of carbonyl (C=O) groups is 1. The number of nitriles is 1. The van der Waals surface area contributed by atoms with Gasteiger partial charge in [0.25, 0.3) is 0 Å². The Morgan fingerprint density at radius 3 is 2.34 bits per heavy atom. The van der Waals surface area contributed by atoms with Gasteiger partial charge in [0.05, 0.1) is 30.0 Å². The van der Waals surface area contributed by atoms with Crippen molar-refractivity contribution < 1.29 is 32.2 Å². The zero-order chi connectivity index (χ0) is 33.9. The second-order valence-electron chi connectivity index (χ2n) is 12.0. The number of carbonyl (C=O) groups excluding carboxylic acids is 1. The summed E-state index contributed by atoms with van der Waals surface area (Å²) in [5.41, 5.74) is 4.16. The molecule has 1 aliphatic heterocycles. The Labute approximate surface area is 275 Å². The van der Waals surface area contributed by atoms with Gasteiger partial charge in [-0.3, -0.25) is 0 Å². The fourth-order valence-electron chi connectivity index (χ4n) is 6.21. The third-order valence-electron chi connectivity index (χ3n) is 8.68. The van der Waals surface area contributed by atoms with Gasteiger partial charge in [-0.05, 0) is 86.9 Å². The van der Waals surface area contributed by atoms with Crippen molar-refractivity contribution in [3.8, 4) is 17.6 Å². The average molecular weight is 652 g/mol. The van der Waals surface area contributed by atoms with Gasteiger partial charge in [-0.2, -0.15) is 18.4 Å². The second kappa shape index (κ2) is 16.6. The molecule has 3 aromatic rings. The number of halogens is 3. The van der Waals surface area contributed by atoms with E-state index in [0.717, 1.165) is 49.0 Å². The number of hydrogen-bond acceptors (Lipinski definition) is 7. The molecule has 1 heterocycles. The Kier molecular flexibility index (Phi) is 12.5. The van der Waals surface area contributed by atoms with E-state index in [9.17, 15) is 23.2 Å². The monoisotopic (exact) mass is 651 g/mol. The van der Waals surface area contributed by atoms with Crippen LogP contribution in [0.1, 0.15) is 73.5 Å². The van der Waals surface area contributed by atoms with Crippen molar-refractivity contribution >= 4 is 11.7 Å². The minimum absolute atomic E-state index is 0.0692. The molecule has 0 unspecified atom stereocenters. The first kappa shape index (κ1) is 35.6. The topological polar surface area (TPSA) is 83.8 Å². The van der Waals surface area contributed by atoms with Crippen LogP contribution < -0.4 is 19.7 Å². The number of esters is 1. The van der Waals surface area contributed by atoms with Crippen LogP contribution in [-0.2, 0) is 17.6 Å². The van der Waals surface area contributed by atoms with Crippen molar-refractivity contribution in [3.05, 3.63) is 89.0 Å². The van der Waals surface area contributed by atoms with Crippen molar-refractivity contribution in [1.82, 2.24) is 5.32 Å². The third kappa shape index (κ3) is 10.1. The standard InChI is InChI=1S/C37H44F3N3O4/c1-4-36(5-2,17-21-45-32-14-9-10-15-33(32)47-26-37(38,39)40)42-27(3)22-28-23-30-16-19-43(34(30)31(24-28)25-41)18-11-20-46-35(44)29-12-7-6-8-13-29/h6-10,12-15,23-24,27,42H,4-5,11,16-22,26H2,1-3H3/t27-/m1/s1. The highest BCUT2D eigenvalue weighted by molar-refractivity contribution is 5.89. The van der Waals surface area contributed by atoms with Crippen LogP contribution in [0.15, 0.2) is 66.7 Å². The molecule has 3 aromatic carbocycles. The number of benzene rings is 3. The van der Waals surface area contributed by atoms with E-state index in [0.29, 0.717) is 43.7 Å². The summed E-state index contributed by atoms with van der Waals surface area (Å²) in [6.07, 6.45) is 0.148. The van der Waals surface area contributed by atoms with Crippen molar-refractivity contribution in [3.63, 3.8) is 0 Å². The number of fused-ring (bicyclic) bond motifs is 1. The van der Waals surface area contributed by atoms with Crippen LogP contribution in [0.4, 0.5) is 18.9 Å². The highest BCUT2D eigenvalue weighted by atomic mass is 19.4. The van der Waals surface area contributed by atoms with Crippen LogP contribution in [0.5, 0.6) is 11.5 Å². The lowest BCUT2D eigenvalue weighted by Gasteiger charge is -2.36. The van der Waals surface area contributed by atoms with Crippen LogP contribution in [0.2, 0.25) is 0 Å². The first-order valence-electron chi connectivity index (χ1n) is 16.3. The van der Waals surface area contributed by atoms with Crippen LogP contribution in [0.3, 0.4) is 0 Å². The van der Waals surface area contributed by atoms with E-state index >= 15 is 0 Å². The van der Waals surface area contributed by atoms with Crippen molar-refractivity contribution in [1.29, 1.82) is 5.26 Å². The highest BCUT2D eigenvalue weighted by Crippen LogP contribution is 2.34. The van der Waals surface area contributed by atoms with E-state index in [2.05, 4.69) is 43.1 Å². The molecule has 0 radical (unpaired) electrons. The van der Waals surface area contributed by atoms with Gasteiger partial charge in [-0.25, -0.2) is 4.79 Å². The van der Waals surface area contributed by atoms with Gasteiger partial charge in [-0.1, -0.05) is 50.2 Å². The fraction of sp³-hybridized carbons (Fsp3) is 0.459. The number of anilines is 1. The molecule has 0 saturated heterocycles. The molecule has 0 aromatic heterocycles. The minimum Gasteiger partial charge on any atom is -0.490 e. The van der Waals surface area contributed by atoms with Gasteiger partial charge in [0.2, 0.25) is 0 Å². The number of rotatable bonds is 17. The Morgan fingerprint density at radius 1 is 1.00 bits per heavy atom. The molecular formula is C37H44F3N3O4. The number of nitrogens with one attached hydrogen (secondary N) is 1. The zero-order valence-electron chi connectivity index (χ0n) is 27.4. The highest BCUT2D eigenvalue weighted by Gasteiger charge is 2.30. The van der Waals surface area contributed by atoms with E-state index in [4.69, 9.17) is 14.2 Å². The summed E-state index contributed by atoms with van der Waals surface area (Å²) in [7, 11) is 0. The van der Waals surface area contributed by atoms with Crippen LogP contribution in [-0.4, -0.2) is 56.6 Å². The summed E-state index contributed by atoms with van der Waals surface area (Å²) < 4.78 is 54.4. The molecule has 0 spiro atoms. The lowest BCUT2D eigenvalue weighted by molar-refractivity contribution is -0.153. The predicted molar refractivity (Wildman–Crippen MR) is 176 cm³/mol. The number of nitrogens with zero attached hydrogens (tertiary/aromatic N) is 2. The number of hydrogen-bond donors (Lipinski definition) is 1. The van der Waals surface area contributed by atoms with Gasteiger partial charge in [-0.15, -0.1) is 0 Å². The molecule has 0 saturated carbocycles. The number of alkyl halides is 3. The summed E-state index contributed by atoms with van der Waals surface area (Å²) in [4.78, 5) is 14.4. The molecule has 47 heavy (non-hydrogen) atoms. The summed E-state index contributed by atoms with van der Waals surface area (Å²) in [6, 6.07) is 22.0. The number of para-hydroxylation sites is 2. The molecule has 1 N–H and O–H groups in total. The van der Waals surface area contributed by atoms with Gasteiger partial charge >= 0.3 is 12.1 Å². The van der Waals surface area contributed by atoms with Crippen molar-refractivity contribution in [2.45, 2.75) is 77.1 Å². The Balaban J connectivity index is 1.32. The largest absolute Gasteiger partial charge is 0.490 e. The molecular weight excluding hydrogens is 607 g/mol. The van der Waals surface area contributed by atoms with Crippen LogP contribution in [0, 0.1) is 11.3 Å². The summed E-state index contributed by atoms with van der Waals surface area (Å²) in [5, 5.41) is 13.9. The molecule has 7 nitrogen and oxygen atoms in total. The molecule has 1 aliphatic rings. The van der Waals surface area contributed by atoms with Gasteiger partial charge in [0, 0.05) is 24.7 Å². The molecule has 252 valence electrons. The Hall–Kier alpha value is -4.23. The Morgan fingerprint density at radius 2 is 1.68 bits per heavy atom. The first-order valence-corrected chi connectivity index (χ1v) is 16.3. The summed E-state index contributed by atoms with van der Waals surface area (Å²) >= 11 is 0. The fourth-order valence-corrected chi connectivity index (χ4v) is 6.21. The third-order valence-corrected chi connectivity index (χ3v) is 8.68. The van der Waals surface area contributed by atoms with E-state index < -0.39 is 12.8 Å². The molecule has 4 rings (SSSR count). The first-order chi connectivity index (χ1) is 22.6. The van der Waals surface area contributed by atoms with Gasteiger partial charge < -0.3 is 24.4 Å². The average Bonchev–Trinajstić information content (AvgIpc) is 3.48. The van der Waals surface area contributed by atoms with Crippen LogP contribution >= 0.6 is 0 Å². The normalized spacial score (nSPS) is 13.5. The second-order valence-corrected chi connectivity index (χ2v) is 12.0. The summed E-state index contributed by atoms with van der Waals surface area (Å²) in [5.74, 6) is 0.0232. The SMILES string of the molecule is CCC(CC)(CCOc1ccccc1OCC(F)(F)F)N[C@H](C)Cc1cc(C#N)c2c(c1)CCN2CCCOC(=O)c1ccccc1. The maximum atomic E-state index is 12.7. The molecule has 0 aliphatic carbocycles. The number of ether oxygens (including phenoxy) is 3. The molecule has 0 bridgehead atoms. The lowest BCUT2D eigenvalue weighted by Crippen LogP contribution is -2.50. The maximum absolute atomic E-state index is 12.7. The van der Waals surface area contributed by atoms with E-state index in [-0.39, 0.29) is 29.0 Å². The maximum Gasteiger partial charge on any atom is 0.422 e. The molecule has 0 fully saturated rings. The van der Waals surface area contributed by atoms with E-state index in [1.54, 1.807) is 42.5 Å². The smallest absolute Gasteiger partial charge is 0.422 e. The zero-order valence-corrected chi connectivity index (χ0v) is 27.4. The van der Waals surface area contributed by atoms with Crippen molar-refractivity contribution in [2.75, 3.05) is 37.8 Å². The quantitative estimate of drug-likeness (QED) is 0.119. The van der Waals surface area contributed by atoms with E-state index in [1.165, 1.54) is 6.07 Å². The molecule has 10 heteroatoms. The van der Waals surface area contributed by atoms with Gasteiger partial charge in [0.1, 0.15) is 6.07 Å². The van der Waals surface area contributed by atoms with Gasteiger partial charge in [0.15, 0.2) is 18.1 Å². The lowest BCUT2D eigenvalue weighted by atomic mass is 9.87. The predicted octanol–water partition coefficient (Wildman–Crippen LogP) is 7.66. The van der Waals surface area contributed by atoms with Crippen molar-refractivity contribution in [2.24, 2.45) is 0 Å².